The fourth-order valence-corrected chi connectivity index (χ4v) is 4.84. The Balaban J connectivity index is 2.86. The van der Waals surface area contributed by atoms with Crippen LogP contribution in [0.25, 0.3) is 0 Å². The summed E-state index contributed by atoms with van der Waals surface area (Å²) in [5.41, 5.74) is 0. The fraction of sp³-hybridized carbons (Fsp3) is 1.00. The molecular formula is C6H12O9S3. The van der Waals surface area contributed by atoms with Crippen LogP contribution in [0, 0.1) is 0 Å². The molecule has 0 heterocycles. The van der Waals surface area contributed by atoms with Crippen molar-refractivity contribution in [2.24, 2.45) is 0 Å². The summed E-state index contributed by atoms with van der Waals surface area (Å²) in [5, 5.41) is 7.98. The zero-order valence-corrected chi connectivity index (χ0v) is 11.3. The van der Waals surface area contributed by atoms with Crippen LogP contribution in [0.4, 0.5) is 0 Å². The van der Waals surface area contributed by atoms with Crippen LogP contribution in [-0.2, 0) is 29.6 Å². The van der Waals surface area contributed by atoms with Crippen molar-refractivity contribution in [2.45, 2.75) is 35.0 Å². The molecule has 1 aliphatic rings. The van der Waals surface area contributed by atoms with Gasteiger partial charge in [-0.15, -0.1) is 4.33 Å². The first-order chi connectivity index (χ1) is 8.14. The van der Waals surface area contributed by atoms with Gasteiger partial charge >= 0.3 is 0 Å². The highest BCUT2D eigenvalue weighted by Crippen LogP contribution is 2.35. The quantitative estimate of drug-likeness (QED) is 0.275. The molecule has 0 aromatic rings. The molecule has 2 unspecified atom stereocenters. The van der Waals surface area contributed by atoms with Gasteiger partial charge in [-0.2, -0.15) is 16.8 Å². The van der Waals surface area contributed by atoms with E-state index in [0.717, 1.165) is 0 Å². The average molecular weight is 324 g/mol. The zero-order chi connectivity index (χ0) is 14.0. The molecule has 1 aliphatic carbocycles. The molecule has 3 N–H and O–H groups in total. The fourth-order valence-electron chi connectivity index (χ4n) is 1.81. The van der Waals surface area contributed by atoms with E-state index in [1.54, 1.807) is 0 Å². The Morgan fingerprint density at radius 3 is 1.72 bits per heavy atom. The van der Waals surface area contributed by atoms with E-state index in [2.05, 4.69) is 9.37 Å². The minimum Gasteiger partial charge on any atom is -0.285 e. The maximum atomic E-state index is 11.0. The van der Waals surface area contributed by atoms with E-state index >= 15 is 0 Å². The lowest BCUT2D eigenvalue weighted by Gasteiger charge is -2.30. The van der Waals surface area contributed by atoms with Gasteiger partial charge in [-0.1, -0.05) is 5.04 Å². The first kappa shape index (κ1) is 16.1. The van der Waals surface area contributed by atoms with Gasteiger partial charge in [0.25, 0.3) is 20.2 Å². The number of hydrogen-bond donors (Lipinski definition) is 3. The van der Waals surface area contributed by atoms with Gasteiger partial charge in [0.1, 0.15) is 0 Å². The van der Waals surface area contributed by atoms with Crippen molar-refractivity contribution in [1.29, 1.82) is 0 Å². The van der Waals surface area contributed by atoms with E-state index in [1.165, 1.54) is 0 Å². The van der Waals surface area contributed by atoms with Crippen molar-refractivity contribution in [3.63, 3.8) is 0 Å². The molecule has 1 saturated carbocycles. The van der Waals surface area contributed by atoms with Gasteiger partial charge in [0.2, 0.25) is 0 Å². The highest BCUT2D eigenvalue weighted by molar-refractivity contribution is 7.95. The molecule has 2 atom stereocenters. The third kappa shape index (κ3) is 4.62. The number of hydrogen-bond acceptors (Lipinski definition) is 8. The Labute approximate surface area is 108 Å². The molecule has 9 nitrogen and oxygen atoms in total. The van der Waals surface area contributed by atoms with Gasteiger partial charge in [-0.05, 0) is 19.3 Å². The summed E-state index contributed by atoms with van der Waals surface area (Å²) in [6.07, 6.45) is -0.563. The Morgan fingerprint density at radius 2 is 1.39 bits per heavy atom. The van der Waals surface area contributed by atoms with Crippen LogP contribution >= 0.6 is 12.0 Å². The minimum atomic E-state index is -4.42. The predicted molar refractivity (Wildman–Crippen MR) is 60.7 cm³/mol. The van der Waals surface area contributed by atoms with Crippen LogP contribution in [0.2, 0.25) is 0 Å². The van der Waals surface area contributed by atoms with Gasteiger partial charge in [-0.25, -0.2) is 5.26 Å². The monoisotopic (exact) mass is 324 g/mol. The van der Waals surface area contributed by atoms with E-state index < -0.39 is 42.4 Å². The van der Waals surface area contributed by atoms with Crippen molar-refractivity contribution in [1.82, 2.24) is 0 Å². The molecule has 1 fully saturated rings. The van der Waals surface area contributed by atoms with Crippen LogP contribution in [0.1, 0.15) is 19.3 Å². The molecule has 12 heteroatoms. The zero-order valence-electron chi connectivity index (χ0n) is 8.87. The molecule has 0 aliphatic heterocycles. The molecule has 0 amide bonds. The van der Waals surface area contributed by atoms with Crippen molar-refractivity contribution >= 4 is 32.3 Å². The Kier molecular flexibility index (Phi) is 5.37. The molecule has 108 valence electrons. The third-order valence-electron chi connectivity index (χ3n) is 2.63. The van der Waals surface area contributed by atoms with Gasteiger partial charge < -0.3 is 0 Å². The van der Waals surface area contributed by atoms with Gasteiger partial charge in [0, 0.05) is 17.3 Å². The van der Waals surface area contributed by atoms with Crippen LogP contribution in [0.5, 0.6) is 0 Å². The Hall–Kier alpha value is 0.0500. The lowest BCUT2D eigenvalue weighted by molar-refractivity contribution is -0.432. The summed E-state index contributed by atoms with van der Waals surface area (Å²) < 4.78 is 66.1. The highest BCUT2D eigenvalue weighted by atomic mass is 32.2. The van der Waals surface area contributed by atoms with E-state index in [4.69, 9.17) is 14.4 Å². The van der Waals surface area contributed by atoms with Crippen molar-refractivity contribution < 1.29 is 40.6 Å². The van der Waals surface area contributed by atoms with Gasteiger partial charge in [0.05, 0.1) is 10.5 Å². The second-order valence-electron chi connectivity index (χ2n) is 3.84. The third-order valence-corrected chi connectivity index (χ3v) is 5.88. The molecular weight excluding hydrogens is 312 g/mol. The minimum absolute atomic E-state index is 0.0844. The highest BCUT2D eigenvalue weighted by Gasteiger charge is 2.41. The maximum absolute atomic E-state index is 11.0. The van der Waals surface area contributed by atoms with Crippen LogP contribution in [0.15, 0.2) is 0 Å². The largest absolute Gasteiger partial charge is 0.285 e. The smallest absolute Gasteiger partial charge is 0.267 e. The normalized spacial score (nSPS) is 30.3. The molecule has 0 spiro atoms. The second kappa shape index (κ2) is 6.00. The summed E-state index contributed by atoms with van der Waals surface area (Å²) in [5.74, 6) is 0. The molecule has 0 aromatic heterocycles. The Bertz CT molecular complexity index is 429. The lowest BCUT2D eigenvalue weighted by atomic mass is 9.99. The summed E-state index contributed by atoms with van der Waals surface area (Å²) in [7, 11) is -8.85. The lowest BCUT2D eigenvalue weighted by Crippen LogP contribution is -2.39. The topological polar surface area (TPSA) is 147 Å². The van der Waals surface area contributed by atoms with E-state index in [1.807, 2.05) is 0 Å². The first-order valence-corrected chi connectivity index (χ1v) is 8.52. The molecule has 0 bridgehead atoms. The molecule has 0 radical (unpaired) electrons. The van der Waals surface area contributed by atoms with Crippen molar-refractivity contribution in [3.05, 3.63) is 0 Å². The van der Waals surface area contributed by atoms with Gasteiger partial charge in [-0.3, -0.25) is 9.11 Å². The molecule has 0 aromatic carbocycles. The summed E-state index contributed by atoms with van der Waals surface area (Å²) in [4.78, 5) is 0. The predicted octanol–water partition coefficient (Wildman–Crippen LogP) is 0.121. The summed E-state index contributed by atoms with van der Waals surface area (Å²) in [6, 6.07) is 0. The second-order valence-corrected chi connectivity index (χ2v) is 8.23. The van der Waals surface area contributed by atoms with Crippen molar-refractivity contribution in [2.75, 3.05) is 0 Å². The van der Waals surface area contributed by atoms with E-state index in [0.29, 0.717) is 12.0 Å². The van der Waals surface area contributed by atoms with Crippen LogP contribution in [-0.4, -0.2) is 46.9 Å². The summed E-state index contributed by atoms with van der Waals surface area (Å²) >= 11 is 0.514. The van der Waals surface area contributed by atoms with E-state index in [9.17, 15) is 16.8 Å². The van der Waals surface area contributed by atoms with Gasteiger partial charge in [0.15, 0.2) is 0 Å². The maximum Gasteiger partial charge on any atom is 0.267 e. The van der Waals surface area contributed by atoms with E-state index in [-0.39, 0.29) is 12.8 Å². The molecule has 0 saturated heterocycles. The Morgan fingerprint density at radius 1 is 0.944 bits per heavy atom. The molecule has 1 rings (SSSR count). The standard InChI is InChI=1S/C6H12O9S3/c7-14-15-16-4-1-5(17(8,9)10)3-6(2-4)18(11,12)13/h4-7H,1-3H2,(H,8,9,10)(H,11,12,13). The SMILES string of the molecule is O=S(=O)(O)C1CC(SOOO)CC(S(=O)(=O)O)C1. The number of rotatable bonds is 5. The summed E-state index contributed by atoms with van der Waals surface area (Å²) in [6.45, 7) is 0. The van der Waals surface area contributed by atoms with Crippen molar-refractivity contribution in [3.8, 4) is 0 Å². The molecule has 18 heavy (non-hydrogen) atoms. The average Bonchev–Trinajstić information content (AvgIpc) is 2.23. The first-order valence-electron chi connectivity index (χ1n) is 4.70. The van der Waals surface area contributed by atoms with Crippen LogP contribution in [0.3, 0.4) is 0 Å². The van der Waals surface area contributed by atoms with Crippen LogP contribution < -0.4 is 0 Å².